The molecule has 0 N–H and O–H groups in total. The maximum Gasteiger partial charge on any atom is 0.252 e. The van der Waals surface area contributed by atoms with Gasteiger partial charge in [0.2, 0.25) is 0 Å². The standard InChI is InChI=1S/C17H17ClN2O3/c18-12-5-3-11(4-6-12)16-13-10-20(8-7-14(13)23-19-16)17(21)15-2-1-9-22-15/h3-6,15H,1-2,7-10H2/t15-/m0/s1. The van der Waals surface area contributed by atoms with Crippen LogP contribution in [-0.2, 0) is 22.5 Å². The van der Waals surface area contributed by atoms with Crippen LogP contribution in [0.15, 0.2) is 28.8 Å². The summed E-state index contributed by atoms with van der Waals surface area (Å²) in [6.45, 7) is 1.86. The van der Waals surface area contributed by atoms with Crippen LogP contribution in [0.5, 0.6) is 0 Å². The molecule has 6 heteroatoms. The smallest absolute Gasteiger partial charge is 0.252 e. The molecule has 1 aromatic heterocycles. The zero-order valence-corrected chi connectivity index (χ0v) is 13.4. The molecule has 3 heterocycles. The van der Waals surface area contributed by atoms with Crippen molar-refractivity contribution in [2.75, 3.05) is 13.2 Å². The molecule has 5 nitrogen and oxygen atoms in total. The lowest BCUT2D eigenvalue weighted by molar-refractivity contribution is -0.141. The maximum atomic E-state index is 12.6. The number of aromatic nitrogens is 1. The van der Waals surface area contributed by atoms with Crippen LogP contribution in [0.25, 0.3) is 11.3 Å². The zero-order valence-electron chi connectivity index (χ0n) is 12.6. The molecule has 2 aliphatic heterocycles. The molecule has 1 atom stereocenters. The Kier molecular flexibility index (Phi) is 3.83. The average Bonchev–Trinajstić information content (AvgIpc) is 3.24. The van der Waals surface area contributed by atoms with Crippen molar-refractivity contribution in [3.63, 3.8) is 0 Å². The van der Waals surface area contributed by atoms with E-state index in [1.165, 1.54) is 0 Å². The highest BCUT2D eigenvalue weighted by Gasteiger charge is 2.33. The Morgan fingerprint density at radius 1 is 1.30 bits per heavy atom. The SMILES string of the molecule is O=C([C@@H]1CCCO1)N1CCc2onc(-c3ccc(Cl)cc3)c2C1. The van der Waals surface area contributed by atoms with Gasteiger partial charge in [-0.15, -0.1) is 0 Å². The van der Waals surface area contributed by atoms with Crippen LogP contribution in [0.2, 0.25) is 5.02 Å². The van der Waals surface area contributed by atoms with Crippen LogP contribution < -0.4 is 0 Å². The third kappa shape index (κ3) is 2.75. The van der Waals surface area contributed by atoms with Crippen molar-refractivity contribution in [3.8, 4) is 11.3 Å². The molecule has 1 amide bonds. The van der Waals surface area contributed by atoms with Gasteiger partial charge in [-0.3, -0.25) is 4.79 Å². The number of rotatable bonds is 2. The van der Waals surface area contributed by atoms with Crippen molar-refractivity contribution in [1.82, 2.24) is 10.1 Å². The summed E-state index contributed by atoms with van der Waals surface area (Å²) < 4.78 is 11.0. The average molecular weight is 333 g/mol. The Morgan fingerprint density at radius 3 is 2.87 bits per heavy atom. The summed E-state index contributed by atoms with van der Waals surface area (Å²) >= 11 is 5.94. The minimum absolute atomic E-state index is 0.0800. The largest absolute Gasteiger partial charge is 0.368 e. The highest BCUT2D eigenvalue weighted by molar-refractivity contribution is 6.30. The van der Waals surface area contributed by atoms with Gasteiger partial charge < -0.3 is 14.2 Å². The minimum atomic E-state index is -0.282. The Balaban J connectivity index is 1.59. The summed E-state index contributed by atoms with van der Waals surface area (Å²) in [5.41, 5.74) is 2.73. The topological polar surface area (TPSA) is 55.6 Å². The Bertz CT molecular complexity index is 720. The first-order valence-corrected chi connectivity index (χ1v) is 8.24. The van der Waals surface area contributed by atoms with Crippen LogP contribution in [0.1, 0.15) is 24.2 Å². The monoisotopic (exact) mass is 332 g/mol. The molecule has 120 valence electrons. The van der Waals surface area contributed by atoms with Crippen LogP contribution in [-0.4, -0.2) is 35.2 Å². The van der Waals surface area contributed by atoms with Crippen molar-refractivity contribution in [2.24, 2.45) is 0 Å². The van der Waals surface area contributed by atoms with E-state index in [9.17, 15) is 4.79 Å². The molecule has 0 radical (unpaired) electrons. The number of hydrogen-bond donors (Lipinski definition) is 0. The number of amides is 1. The summed E-state index contributed by atoms with van der Waals surface area (Å²) in [4.78, 5) is 14.4. The van der Waals surface area contributed by atoms with E-state index in [1.54, 1.807) is 0 Å². The second-order valence-electron chi connectivity index (χ2n) is 5.95. The Morgan fingerprint density at radius 2 is 2.13 bits per heavy atom. The van der Waals surface area contributed by atoms with Crippen molar-refractivity contribution in [1.29, 1.82) is 0 Å². The Hall–Kier alpha value is -1.85. The first-order chi connectivity index (χ1) is 11.2. The number of fused-ring (bicyclic) bond motifs is 1. The van der Waals surface area contributed by atoms with Gasteiger partial charge in [0.05, 0.1) is 6.54 Å². The predicted octanol–water partition coefficient (Wildman–Crippen LogP) is 3.06. The molecule has 2 aromatic rings. The number of ether oxygens (including phenoxy) is 1. The quantitative estimate of drug-likeness (QED) is 0.848. The molecular weight excluding hydrogens is 316 g/mol. The van der Waals surface area contributed by atoms with Crippen molar-refractivity contribution in [3.05, 3.63) is 40.6 Å². The molecule has 1 saturated heterocycles. The number of halogens is 1. The molecule has 0 aliphatic carbocycles. The number of hydrogen-bond acceptors (Lipinski definition) is 4. The van der Waals surface area contributed by atoms with E-state index >= 15 is 0 Å². The van der Waals surface area contributed by atoms with Gasteiger partial charge in [-0.05, 0) is 25.0 Å². The van der Waals surface area contributed by atoms with Gasteiger partial charge in [0.15, 0.2) is 0 Å². The third-order valence-corrected chi connectivity index (χ3v) is 4.71. The first-order valence-electron chi connectivity index (χ1n) is 7.86. The van der Waals surface area contributed by atoms with Crippen LogP contribution in [0.4, 0.5) is 0 Å². The second kappa shape index (κ2) is 5.98. The highest BCUT2D eigenvalue weighted by atomic mass is 35.5. The summed E-state index contributed by atoms with van der Waals surface area (Å²) in [6.07, 6.45) is 2.18. The first kappa shape index (κ1) is 14.7. The number of nitrogens with zero attached hydrogens (tertiary/aromatic N) is 2. The third-order valence-electron chi connectivity index (χ3n) is 4.46. The van der Waals surface area contributed by atoms with E-state index in [4.69, 9.17) is 20.9 Å². The maximum absolute atomic E-state index is 12.6. The van der Waals surface area contributed by atoms with Crippen LogP contribution in [0.3, 0.4) is 0 Å². The Labute approximate surface area is 139 Å². The fourth-order valence-electron chi connectivity index (χ4n) is 3.21. The van der Waals surface area contributed by atoms with Crippen molar-refractivity contribution >= 4 is 17.5 Å². The lowest BCUT2D eigenvalue weighted by Crippen LogP contribution is -2.41. The molecule has 0 bridgehead atoms. The molecule has 1 fully saturated rings. The summed E-state index contributed by atoms with van der Waals surface area (Å²) in [5, 5.41) is 4.88. The van der Waals surface area contributed by atoms with Gasteiger partial charge in [-0.25, -0.2) is 0 Å². The molecule has 0 spiro atoms. The number of benzene rings is 1. The zero-order chi connectivity index (χ0) is 15.8. The lowest BCUT2D eigenvalue weighted by Gasteiger charge is -2.28. The molecule has 0 saturated carbocycles. The van der Waals surface area contributed by atoms with E-state index in [0.29, 0.717) is 31.1 Å². The van der Waals surface area contributed by atoms with E-state index in [0.717, 1.165) is 35.4 Å². The van der Waals surface area contributed by atoms with Crippen molar-refractivity contribution in [2.45, 2.75) is 31.9 Å². The molecule has 2 aliphatic rings. The van der Waals surface area contributed by atoms with E-state index < -0.39 is 0 Å². The van der Waals surface area contributed by atoms with E-state index in [2.05, 4.69) is 5.16 Å². The fraction of sp³-hybridized carbons (Fsp3) is 0.412. The molecule has 0 unspecified atom stereocenters. The van der Waals surface area contributed by atoms with E-state index in [-0.39, 0.29) is 12.0 Å². The summed E-state index contributed by atoms with van der Waals surface area (Å²) in [6, 6.07) is 7.49. The van der Waals surface area contributed by atoms with Gasteiger partial charge in [0, 0.05) is 35.7 Å². The van der Waals surface area contributed by atoms with Gasteiger partial charge in [0.1, 0.15) is 17.6 Å². The normalized spacial score (nSPS) is 20.6. The van der Waals surface area contributed by atoms with Gasteiger partial charge in [0.25, 0.3) is 5.91 Å². The molecular formula is C17H17ClN2O3. The van der Waals surface area contributed by atoms with Crippen LogP contribution in [0, 0.1) is 0 Å². The molecule has 23 heavy (non-hydrogen) atoms. The summed E-state index contributed by atoms with van der Waals surface area (Å²) in [7, 11) is 0. The fourth-order valence-corrected chi connectivity index (χ4v) is 3.33. The molecule has 4 rings (SSSR count). The van der Waals surface area contributed by atoms with Crippen LogP contribution >= 0.6 is 11.6 Å². The van der Waals surface area contributed by atoms with Gasteiger partial charge in [-0.1, -0.05) is 28.9 Å². The van der Waals surface area contributed by atoms with E-state index in [1.807, 2.05) is 29.2 Å². The number of carbonyl (C=O) groups is 1. The second-order valence-corrected chi connectivity index (χ2v) is 6.39. The minimum Gasteiger partial charge on any atom is -0.368 e. The van der Waals surface area contributed by atoms with Crippen molar-refractivity contribution < 1.29 is 14.1 Å². The van der Waals surface area contributed by atoms with Gasteiger partial charge in [-0.2, -0.15) is 0 Å². The molecule has 1 aromatic carbocycles. The van der Waals surface area contributed by atoms with Gasteiger partial charge >= 0.3 is 0 Å². The lowest BCUT2D eigenvalue weighted by atomic mass is 10.0. The predicted molar refractivity (Wildman–Crippen MR) is 85.0 cm³/mol. The highest BCUT2D eigenvalue weighted by Crippen LogP contribution is 2.31. The number of carbonyl (C=O) groups excluding carboxylic acids is 1. The summed E-state index contributed by atoms with van der Waals surface area (Å²) in [5.74, 6) is 0.947.